The molecule has 0 amide bonds. The molecule has 7 heteroatoms. The Balaban J connectivity index is 1.70. The molecule has 1 N–H and O–H groups in total. The van der Waals surface area contributed by atoms with Crippen LogP contribution in [0.25, 0.3) is 0 Å². The van der Waals surface area contributed by atoms with E-state index in [9.17, 15) is 9.18 Å². The van der Waals surface area contributed by atoms with E-state index in [2.05, 4.69) is 10.5 Å². The van der Waals surface area contributed by atoms with Crippen LogP contribution >= 0.6 is 11.6 Å². The van der Waals surface area contributed by atoms with Gasteiger partial charge in [-0.1, -0.05) is 17.7 Å². The molecule has 3 aromatic rings. The van der Waals surface area contributed by atoms with E-state index in [1.807, 2.05) is 12.1 Å². The van der Waals surface area contributed by atoms with Gasteiger partial charge in [-0.3, -0.25) is 5.43 Å². The fourth-order valence-electron chi connectivity index (χ4n) is 2.33. The van der Waals surface area contributed by atoms with Crippen molar-refractivity contribution in [1.82, 2.24) is 0 Å². The van der Waals surface area contributed by atoms with Gasteiger partial charge in [0.2, 0.25) is 0 Å². The monoisotopic (exact) mass is 398 g/mol. The number of nitrogens with zero attached hydrogens (tertiary/aromatic N) is 1. The molecule has 0 unspecified atom stereocenters. The van der Waals surface area contributed by atoms with Crippen LogP contribution in [-0.4, -0.2) is 19.3 Å². The van der Waals surface area contributed by atoms with Crippen molar-refractivity contribution in [2.24, 2.45) is 5.10 Å². The van der Waals surface area contributed by atoms with Crippen molar-refractivity contribution in [2.45, 2.75) is 0 Å². The molecular weight excluding hydrogens is 383 g/mol. The topological polar surface area (TPSA) is 59.9 Å². The lowest BCUT2D eigenvalue weighted by atomic mass is 10.2. The molecule has 0 heterocycles. The van der Waals surface area contributed by atoms with Crippen molar-refractivity contribution < 1.29 is 18.7 Å². The minimum atomic E-state index is -0.609. The third kappa shape index (κ3) is 5.08. The van der Waals surface area contributed by atoms with Crippen molar-refractivity contribution in [3.8, 4) is 11.5 Å². The summed E-state index contributed by atoms with van der Waals surface area (Å²) in [6.07, 6.45) is 1.59. The lowest BCUT2D eigenvalue weighted by molar-refractivity contribution is 0.0729. The van der Waals surface area contributed by atoms with Crippen LogP contribution in [0.2, 0.25) is 5.02 Å². The summed E-state index contributed by atoms with van der Waals surface area (Å²) in [4.78, 5) is 12.2. The van der Waals surface area contributed by atoms with Gasteiger partial charge in [-0.05, 0) is 66.2 Å². The highest BCUT2D eigenvalue weighted by Crippen LogP contribution is 2.28. The number of esters is 1. The average molecular weight is 399 g/mol. The summed E-state index contributed by atoms with van der Waals surface area (Å²) >= 11 is 5.92. The Kier molecular flexibility index (Phi) is 6.24. The molecule has 0 atom stereocenters. The van der Waals surface area contributed by atoms with Gasteiger partial charge in [-0.15, -0.1) is 0 Å². The Bertz CT molecular complexity index is 1010. The van der Waals surface area contributed by atoms with Crippen LogP contribution in [0.4, 0.5) is 10.1 Å². The number of rotatable bonds is 6. The Morgan fingerprint density at radius 1 is 1.07 bits per heavy atom. The maximum Gasteiger partial charge on any atom is 0.343 e. The first-order valence-electron chi connectivity index (χ1n) is 8.25. The first-order valence-corrected chi connectivity index (χ1v) is 8.63. The Labute approximate surface area is 166 Å². The molecule has 3 aromatic carbocycles. The maximum absolute atomic E-state index is 13.0. The first kappa shape index (κ1) is 19.4. The average Bonchev–Trinajstić information content (AvgIpc) is 2.69. The third-order valence-corrected chi connectivity index (χ3v) is 3.94. The molecule has 0 bridgehead atoms. The summed E-state index contributed by atoms with van der Waals surface area (Å²) in [5.74, 6) is -0.426. The summed E-state index contributed by atoms with van der Waals surface area (Å²) in [6.45, 7) is 0. The Morgan fingerprint density at radius 2 is 1.86 bits per heavy atom. The molecule has 0 aliphatic carbocycles. The fraction of sp³-hybridized carbons (Fsp3) is 0.0476. The minimum absolute atomic E-state index is 0.236. The van der Waals surface area contributed by atoms with Crippen LogP contribution < -0.4 is 14.9 Å². The number of nitrogens with one attached hydrogen (secondary N) is 1. The van der Waals surface area contributed by atoms with E-state index >= 15 is 0 Å². The highest BCUT2D eigenvalue weighted by Gasteiger charge is 2.13. The molecule has 28 heavy (non-hydrogen) atoms. The SMILES string of the molecule is COc1cc(/C=N\Nc2cccc(Cl)c2)ccc1OC(=O)c1ccc(F)cc1. The standard InChI is InChI=1S/C21H16ClFN2O3/c1-27-20-11-14(13-24-25-18-4-2-3-16(22)12-18)5-10-19(20)28-21(26)15-6-8-17(23)9-7-15/h2-13,25H,1H3/b24-13-. The van der Waals surface area contributed by atoms with E-state index in [0.717, 1.165) is 11.3 Å². The molecule has 3 rings (SSSR count). The highest BCUT2D eigenvalue weighted by molar-refractivity contribution is 6.30. The van der Waals surface area contributed by atoms with E-state index in [-0.39, 0.29) is 11.3 Å². The van der Waals surface area contributed by atoms with Crippen molar-refractivity contribution >= 4 is 29.5 Å². The van der Waals surface area contributed by atoms with Gasteiger partial charge in [0, 0.05) is 5.02 Å². The quantitative estimate of drug-likeness (QED) is 0.270. The molecule has 0 radical (unpaired) electrons. The Morgan fingerprint density at radius 3 is 2.57 bits per heavy atom. The number of anilines is 1. The number of methoxy groups -OCH3 is 1. The molecule has 0 aliphatic heterocycles. The van der Waals surface area contributed by atoms with Crippen molar-refractivity contribution in [2.75, 3.05) is 12.5 Å². The number of hydrogen-bond donors (Lipinski definition) is 1. The largest absolute Gasteiger partial charge is 0.493 e. The van der Waals surface area contributed by atoms with Gasteiger partial charge in [0.25, 0.3) is 0 Å². The van der Waals surface area contributed by atoms with Crippen LogP contribution in [0.15, 0.2) is 71.8 Å². The summed E-state index contributed by atoms with van der Waals surface area (Å²) < 4.78 is 23.6. The van der Waals surface area contributed by atoms with Crippen molar-refractivity contribution in [1.29, 1.82) is 0 Å². The van der Waals surface area contributed by atoms with E-state index in [1.54, 1.807) is 36.5 Å². The number of hydrazone groups is 1. The maximum atomic E-state index is 13.0. The van der Waals surface area contributed by atoms with E-state index < -0.39 is 11.8 Å². The number of ether oxygens (including phenoxy) is 2. The summed E-state index contributed by atoms with van der Waals surface area (Å²) in [7, 11) is 1.47. The summed E-state index contributed by atoms with van der Waals surface area (Å²) in [5, 5.41) is 4.75. The molecule has 0 saturated carbocycles. The second-order valence-corrected chi connectivity index (χ2v) is 6.12. The Hall–Kier alpha value is -3.38. The molecular formula is C21H16ClFN2O3. The molecule has 5 nitrogen and oxygen atoms in total. The first-order chi connectivity index (χ1) is 13.5. The lowest BCUT2D eigenvalue weighted by Crippen LogP contribution is -2.09. The van der Waals surface area contributed by atoms with Crippen molar-refractivity contribution in [3.05, 3.63) is 88.7 Å². The smallest absolute Gasteiger partial charge is 0.343 e. The summed E-state index contributed by atoms with van der Waals surface area (Å²) in [5.41, 5.74) is 4.59. The zero-order valence-electron chi connectivity index (χ0n) is 14.9. The van der Waals surface area contributed by atoms with Gasteiger partial charge in [-0.25, -0.2) is 9.18 Å². The van der Waals surface area contributed by atoms with Crippen LogP contribution in [0.5, 0.6) is 11.5 Å². The molecule has 0 saturated heterocycles. The van der Waals surface area contributed by atoms with Crippen molar-refractivity contribution in [3.63, 3.8) is 0 Å². The predicted octanol–water partition coefficient (Wildman–Crippen LogP) is 5.15. The van der Waals surface area contributed by atoms with E-state index in [1.165, 1.54) is 31.4 Å². The number of benzene rings is 3. The number of carbonyl (C=O) groups excluding carboxylic acids is 1. The minimum Gasteiger partial charge on any atom is -0.493 e. The van der Waals surface area contributed by atoms with Gasteiger partial charge in [0.1, 0.15) is 5.82 Å². The van der Waals surface area contributed by atoms with E-state index in [0.29, 0.717) is 10.8 Å². The van der Waals surface area contributed by atoms with Crippen LogP contribution in [0, 0.1) is 5.82 Å². The second kappa shape index (κ2) is 9.01. The molecule has 0 aromatic heterocycles. The number of carbonyl (C=O) groups is 1. The molecule has 0 fully saturated rings. The third-order valence-electron chi connectivity index (χ3n) is 3.70. The molecule has 0 aliphatic rings. The number of halogens is 2. The molecule has 142 valence electrons. The number of hydrogen-bond acceptors (Lipinski definition) is 5. The zero-order chi connectivity index (χ0) is 19.9. The predicted molar refractivity (Wildman–Crippen MR) is 107 cm³/mol. The lowest BCUT2D eigenvalue weighted by Gasteiger charge is -2.10. The fourth-order valence-corrected chi connectivity index (χ4v) is 2.52. The van der Waals surface area contributed by atoms with Crippen LogP contribution in [-0.2, 0) is 0 Å². The van der Waals surface area contributed by atoms with Crippen LogP contribution in [0.1, 0.15) is 15.9 Å². The summed E-state index contributed by atoms with van der Waals surface area (Å²) in [6, 6.07) is 17.3. The van der Waals surface area contributed by atoms with Gasteiger partial charge < -0.3 is 9.47 Å². The normalized spacial score (nSPS) is 10.7. The van der Waals surface area contributed by atoms with Gasteiger partial charge in [-0.2, -0.15) is 5.10 Å². The zero-order valence-corrected chi connectivity index (χ0v) is 15.6. The van der Waals surface area contributed by atoms with Gasteiger partial charge in [0.05, 0.1) is 24.6 Å². The van der Waals surface area contributed by atoms with E-state index in [4.69, 9.17) is 21.1 Å². The van der Waals surface area contributed by atoms with Gasteiger partial charge >= 0.3 is 5.97 Å². The highest BCUT2D eigenvalue weighted by atomic mass is 35.5. The second-order valence-electron chi connectivity index (χ2n) is 5.69. The van der Waals surface area contributed by atoms with Gasteiger partial charge in [0.15, 0.2) is 11.5 Å². The van der Waals surface area contributed by atoms with Crippen LogP contribution in [0.3, 0.4) is 0 Å². The molecule has 0 spiro atoms.